The minimum absolute atomic E-state index is 0.00718. The predicted octanol–water partition coefficient (Wildman–Crippen LogP) is 3.03. The van der Waals surface area contributed by atoms with E-state index >= 15 is 0 Å². The number of nitrogens with one attached hydrogen (secondary N) is 1. The first-order chi connectivity index (χ1) is 10.0. The Balaban J connectivity index is 2.42. The summed E-state index contributed by atoms with van der Waals surface area (Å²) in [7, 11) is 0. The van der Waals surface area contributed by atoms with Crippen LogP contribution in [0.15, 0.2) is 34.9 Å². The monoisotopic (exact) mass is 342 g/mol. The van der Waals surface area contributed by atoms with Crippen molar-refractivity contribution in [3.8, 4) is 12.1 Å². The maximum absolute atomic E-state index is 11.2. The molecular formula is C14H7BrN4O2. The second kappa shape index (κ2) is 6.04. The molecule has 0 fully saturated rings. The van der Waals surface area contributed by atoms with Crippen molar-refractivity contribution in [1.82, 2.24) is 4.98 Å². The standard InChI is InChI=1S/C14H7BrN4O2/c15-10-4-12(14(20)21)13(18-7-10)19-11-2-1-8(5-16)9(3-11)6-17/h1-4,7H,(H,18,19)(H,20,21). The zero-order chi connectivity index (χ0) is 15.4. The average molecular weight is 343 g/mol. The molecule has 0 aliphatic heterocycles. The first kappa shape index (κ1) is 14.5. The van der Waals surface area contributed by atoms with Crippen LogP contribution < -0.4 is 5.32 Å². The number of halogens is 1. The van der Waals surface area contributed by atoms with Gasteiger partial charge in [-0.1, -0.05) is 0 Å². The lowest BCUT2D eigenvalue weighted by molar-refractivity contribution is 0.0697. The maximum Gasteiger partial charge on any atom is 0.339 e. The van der Waals surface area contributed by atoms with Crippen molar-refractivity contribution in [2.24, 2.45) is 0 Å². The number of aromatic carboxylic acids is 1. The number of hydrogen-bond donors (Lipinski definition) is 2. The van der Waals surface area contributed by atoms with E-state index in [-0.39, 0.29) is 22.5 Å². The van der Waals surface area contributed by atoms with Crippen LogP contribution in [0.4, 0.5) is 11.5 Å². The highest BCUT2D eigenvalue weighted by Crippen LogP contribution is 2.23. The molecule has 1 aromatic heterocycles. The van der Waals surface area contributed by atoms with Gasteiger partial charge in [0.05, 0.1) is 11.1 Å². The lowest BCUT2D eigenvalue weighted by Gasteiger charge is -2.09. The Labute approximate surface area is 128 Å². The van der Waals surface area contributed by atoms with E-state index in [1.54, 1.807) is 6.07 Å². The number of nitriles is 2. The molecule has 0 radical (unpaired) electrons. The minimum atomic E-state index is -1.12. The van der Waals surface area contributed by atoms with Gasteiger partial charge in [-0.05, 0) is 40.2 Å². The smallest absolute Gasteiger partial charge is 0.339 e. The van der Waals surface area contributed by atoms with Gasteiger partial charge in [-0.25, -0.2) is 9.78 Å². The molecule has 0 saturated heterocycles. The highest BCUT2D eigenvalue weighted by molar-refractivity contribution is 9.10. The largest absolute Gasteiger partial charge is 0.478 e. The second-order valence-corrected chi connectivity index (χ2v) is 4.88. The van der Waals surface area contributed by atoms with Crippen molar-refractivity contribution < 1.29 is 9.90 Å². The predicted molar refractivity (Wildman–Crippen MR) is 78.1 cm³/mol. The number of pyridine rings is 1. The summed E-state index contributed by atoms with van der Waals surface area (Å²) in [5.74, 6) is -0.972. The SMILES string of the molecule is N#Cc1ccc(Nc2ncc(Br)cc2C(=O)O)cc1C#N. The molecule has 2 aromatic rings. The summed E-state index contributed by atoms with van der Waals surface area (Å²) in [4.78, 5) is 15.2. The molecule has 6 nitrogen and oxygen atoms in total. The quantitative estimate of drug-likeness (QED) is 0.886. The summed E-state index contributed by atoms with van der Waals surface area (Å²) in [6, 6.07) is 9.77. The van der Waals surface area contributed by atoms with Crippen molar-refractivity contribution in [3.63, 3.8) is 0 Å². The van der Waals surface area contributed by atoms with Crippen LogP contribution in [0.5, 0.6) is 0 Å². The number of carboxylic acid groups (broad SMARTS) is 1. The molecule has 2 N–H and O–H groups in total. The molecule has 0 atom stereocenters. The van der Waals surface area contributed by atoms with Gasteiger partial charge in [0.1, 0.15) is 23.5 Å². The highest BCUT2D eigenvalue weighted by atomic mass is 79.9. The van der Waals surface area contributed by atoms with Crippen molar-refractivity contribution in [3.05, 3.63) is 51.6 Å². The first-order valence-electron chi connectivity index (χ1n) is 5.65. The molecular weight excluding hydrogens is 336 g/mol. The number of carboxylic acids is 1. The topological polar surface area (TPSA) is 110 Å². The van der Waals surface area contributed by atoms with Crippen LogP contribution >= 0.6 is 15.9 Å². The maximum atomic E-state index is 11.2. The van der Waals surface area contributed by atoms with Gasteiger partial charge >= 0.3 is 5.97 Å². The number of benzene rings is 1. The van der Waals surface area contributed by atoms with Crippen LogP contribution in [-0.4, -0.2) is 16.1 Å². The van der Waals surface area contributed by atoms with E-state index < -0.39 is 5.97 Å². The minimum Gasteiger partial charge on any atom is -0.478 e. The third-order valence-electron chi connectivity index (χ3n) is 2.61. The Morgan fingerprint density at radius 1 is 1.24 bits per heavy atom. The summed E-state index contributed by atoms with van der Waals surface area (Å²) < 4.78 is 0.544. The van der Waals surface area contributed by atoms with E-state index in [1.807, 2.05) is 12.1 Å². The molecule has 7 heteroatoms. The number of carbonyl (C=O) groups is 1. The zero-order valence-corrected chi connectivity index (χ0v) is 12.0. The van der Waals surface area contributed by atoms with Crippen LogP contribution in [0, 0.1) is 22.7 Å². The molecule has 1 heterocycles. The highest BCUT2D eigenvalue weighted by Gasteiger charge is 2.13. The normalized spacial score (nSPS) is 9.48. The Morgan fingerprint density at radius 2 is 1.95 bits per heavy atom. The van der Waals surface area contributed by atoms with E-state index in [4.69, 9.17) is 15.6 Å². The van der Waals surface area contributed by atoms with Gasteiger partial charge in [-0.2, -0.15) is 10.5 Å². The fourth-order valence-electron chi connectivity index (χ4n) is 1.65. The molecule has 1 aromatic carbocycles. The van der Waals surface area contributed by atoms with Crippen molar-refractivity contribution >= 4 is 33.4 Å². The third-order valence-corrected chi connectivity index (χ3v) is 3.04. The van der Waals surface area contributed by atoms with Crippen molar-refractivity contribution in [1.29, 1.82) is 10.5 Å². The number of aromatic nitrogens is 1. The lowest BCUT2D eigenvalue weighted by Crippen LogP contribution is -2.05. The Hall–Kier alpha value is -2.90. The van der Waals surface area contributed by atoms with Gasteiger partial charge in [0, 0.05) is 16.4 Å². The summed E-state index contributed by atoms with van der Waals surface area (Å²) in [5.41, 5.74) is 0.928. The second-order valence-electron chi connectivity index (χ2n) is 3.96. The van der Waals surface area contributed by atoms with Crippen molar-refractivity contribution in [2.45, 2.75) is 0 Å². The summed E-state index contributed by atoms with van der Waals surface area (Å²) in [6.45, 7) is 0. The van der Waals surface area contributed by atoms with E-state index in [0.29, 0.717) is 10.2 Å². The van der Waals surface area contributed by atoms with E-state index in [0.717, 1.165) is 0 Å². The van der Waals surface area contributed by atoms with E-state index in [9.17, 15) is 4.79 Å². The third kappa shape index (κ3) is 3.16. The molecule has 0 unspecified atom stereocenters. The van der Waals surface area contributed by atoms with Gasteiger partial charge in [0.25, 0.3) is 0 Å². The average Bonchev–Trinajstić information content (AvgIpc) is 2.48. The number of hydrogen-bond acceptors (Lipinski definition) is 5. The van der Waals surface area contributed by atoms with Gasteiger partial charge < -0.3 is 10.4 Å². The molecule has 0 saturated carbocycles. The molecule has 0 aliphatic rings. The summed E-state index contributed by atoms with van der Waals surface area (Å²) >= 11 is 3.16. The van der Waals surface area contributed by atoms with Crippen LogP contribution in [0.3, 0.4) is 0 Å². The summed E-state index contributed by atoms with van der Waals surface area (Å²) in [6.07, 6.45) is 1.46. The van der Waals surface area contributed by atoms with Gasteiger partial charge in [0.15, 0.2) is 0 Å². The fraction of sp³-hybridized carbons (Fsp3) is 0. The molecule has 21 heavy (non-hydrogen) atoms. The molecule has 0 aliphatic carbocycles. The van der Waals surface area contributed by atoms with Crippen molar-refractivity contribution in [2.75, 3.05) is 5.32 Å². The van der Waals surface area contributed by atoms with Crippen LogP contribution in [0.2, 0.25) is 0 Å². The van der Waals surface area contributed by atoms with Crippen LogP contribution in [0.1, 0.15) is 21.5 Å². The fourth-order valence-corrected chi connectivity index (χ4v) is 1.98. The number of rotatable bonds is 3. The Morgan fingerprint density at radius 3 is 2.57 bits per heavy atom. The van der Waals surface area contributed by atoms with Crippen LogP contribution in [0.25, 0.3) is 0 Å². The lowest BCUT2D eigenvalue weighted by atomic mass is 10.1. The Bertz CT molecular complexity index is 806. The molecule has 102 valence electrons. The number of nitrogens with zero attached hydrogens (tertiary/aromatic N) is 3. The van der Waals surface area contributed by atoms with E-state index in [1.165, 1.54) is 24.4 Å². The van der Waals surface area contributed by atoms with Gasteiger partial charge in [-0.3, -0.25) is 0 Å². The molecule has 0 spiro atoms. The zero-order valence-electron chi connectivity index (χ0n) is 10.5. The van der Waals surface area contributed by atoms with E-state index in [2.05, 4.69) is 26.2 Å². The number of anilines is 2. The van der Waals surface area contributed by atoms with Gasteiger partial charge in [-0.15, -0.1) is 0 Å². The first-order valence-corrected chi connectivity index (χ1v) is 6.44. The summed E-state index contributed by atoms with van der Waals surface area (Å²) in [5, 5.41) is 29.8. The van der Waals surface area contributed by atoms with Crippen LogP contribution in [-0.2, 0) is 0 Å². The molecule has 2 rings (SSSR count). The molecule has 0 amide bonds. The van der Waals surface area contributed by atoms with Gasteiger partial charge in [0.2, 0.25) is 0 Å². The Kier molecular flexibility index (Phi) is 4.17. The molecule has 0 bridgehead atoms.